The molecule has 1 aliphatic rings. The van der Waals surface area contributed by atoms with Crippen LogP contribution in [0.5, 0.6) is 11.6 Å². The van der Waals surface area contributed by atoms with Crippen LogP contribution in [-0.2, 0) is 0 Å². The maximum absolute atomic E-state index is 6.08. The zero-order valence-corrected chi connectivity index (χ0v) is 14.1. The van der Waals surface area contributed by atoms with Gasteiger partial charge in [0.2, 0.25) is 5.88 Å². The fourth-order valence-electron chi connectivity index (χ4n) is 3.33. The lowest BCUT2D eigenvalue weighted by molar-refractivity contribution is 0.160. The fraction of sp³-hybridized carbons (Fsp3) is 0.444. The Balaban J connectivity index is 1.60. The summed E-state index contributed by atoms with van der Waals surface area (Å²) in [5.41, 5.74) is 0.729. The van der Waals surface area contributed by atoms with Crippen LogP contribution in [0.15, 0.2) is 24.4 Å². The number of nitrogens with one attached hydrogen (secondary N) is 1. The molecule has 1 aromatic carbocycles. The van der Waals surface area contributed by atoms with E-state index in [-0.39, 0.29) is 0 Å². The molecule has 0 aliphatic carbocycles. The monoisotopic (exact) mass is 326 g/mol. The van der Waals surface area contributed by atoms with E-state index >= 15 is 0 Å². The van der Waals surface area contributed by atoms with Gasteiger partial charge in [-0.05, 0) is 57.1 Å². The van der Waals surface area contributed by atoms with E-state index < -0.39 is 0 Å². The van der Waals surface area contributed by atoms with E-state index in [1.165, 1.54) is 12.8 Å². The summed E-state index contributed by atoms with van der Waals surface area (Å²) < 4.78 is 11.4. The maximum Gasteiger partial charge on any atom is 0.242 e. The van der Waals surface area contributed by atoms with Crippen molar-refractivity contribution >= 4 is 21.8 Å². The van der Waals surface area contributed by atoms with Crippen LogP contribution in [0.1, 0.15) is 12.8 Å². The Morgan fingerprint density at radius 1 is 1.29 bits per heavy atom. The fourth-order valence-corrected chi connectivity index (χ4v) is 3.33. The van der Waals surface area contributed by atoms with Gasteiger partial charge in [-0.1, -0.05) is 0 Å². The van der Waals surface area contributed by atoms with Gasteiger partial charge < -0.3 is 14.4 Å². The lowest BCUT2D eigenvalue weighted by Crippen LogP contribution is -2.32. The second-order valence-corrected chi connectivity index (χ2v) is 6.52. The third kappa shape index (κ3) is 2.78. The molecule has 1 N–H and O–H groups in total. The van der Waals surface area contributed by atoms with Crippen molar-refractivity contribution in [2.45, 2.75) is 12.8 Å². The van der Waals surface area contributed by atoms with E-state index in [4.69, 9.17) is 9.47 Å². The highest BCUT2D eigenvalue weighted by molar-refractivity contribution is 6.07. The van der Waals surface area contributed by atoms with Gasteiger partial charge in [-0.2, -0.15) is 0 Å². The van der Waals surface area contributed by atoms with E-state index in [1.807, 2.05) is 18.3 Å². The molecule has 6 heteroatoms. The Morgan fingerprint density at radius 2 is 2.12 bits per heavy atom. The molecule has 126 valence electrons. The number of fused-ring (bicyclic) bond motifs is 3. The molecule has 0 radical (unpaired) electrons. The molecule has 3 heterocycles. The van der Waals surface area contributed by atoms with Crippen LogP contribution in [0.4, 0.5) is 0 Å². The molecule has 1 fully saturated rings. The third-order valence-electron chi connectivity index (χ3n) is 4.86. The summed E-state index contributed by atoms with van der Waals surface area (Å²) in [6, 6.07) is 6.11. The van der Waals surface area contributed by atoms with E-state index in [9.17, 15) is 0 Å². The summed E-state index contributed by atoms with van der Waals surface area (Å²) in [6.45, 7) is 3.09. The predicted molar refractivity (Wildman–Crippen MR) is 93.7 cm³/mol. The van der Waals surface area contributed by atoms with E-state index in [0.717, 1.165) is 47.3 Å². The Labute approximate surface area is 140 Å². The van der Waals surface area contributed by atoms with Crippen LogP contribution in [0, 0.1) is 5.92 Å². The van der Waals surface area contributed by atoms with Gasteiger partial charge in [-0.25, -0.2) is 4.98 Å². The predicted octanol–water partition coefficient (Wildman–Crippen LogP) is 2.84. The average molecular weight is 326 g/mol. The first kappa shape index (κ1) is 15.2. The zero-order valence-electron chi connectivity index (χ0n) is 14.1. The molecular weight excluding hydrogens is 304 g/mol. The van der Waals surface area contributed by atoms with Crippen molar-refractivity contribution in [1.29, 1.82) is 0 Å². The molecule has 0 unspecified atom stereocenters. The first-order chi connectivity index (χ1) is 11.7. The molecule has 4 rings (SSSR count). The van der Waals surface area contributed by atoms with Gasteiger partial charge in [-0.15, -0.1) is 5.10 Å². The first-order valence-corrected chi connectivity index (χ1v) is 8.37. The Bertz CT molecular complexity index is 853. The molecule has 0 bridgehead atoms. The summed E-state index contributed by atoms with van der Waals surface area (Å²) in [5.74, 6) is 2.09. The number of aromatic amines is 1. The average Bonchev–Trinajstić information content (AvgIpc) is 3.05. The van der Waals surface area contributed by atoms with Crippen LogP contribution in [-0.4, -0.2) is 53.9 Å². The van der Waals surface area contributed by atoms with Gasteiger partial charge in [0.15, 0.2) is 5.65 Å². The summed E-state index contributed by atoms with van der Waals surface area (Å²) in [4.78, 5) is 6.77. The van der Waals surface area contributed by atoms with Crippen molar-refractivity contribution in [2.75, 3.05) is 33.9 Å². The molecule has 3 aromatic rings. The molecule has 1 aliphatic heterocycles. The lowest BCUT2D eigenvalue weighted by Gasteiger charge is -2.28. The van der Waals surface area contributed by atoms with Crippen molar-refractivity contribution in [3.63, 3.8) is 0 Å². The number of hydrogen-bond acceptors (Lipinski definition) is 5. The highest BCUT2D eigenvalue weighted by atomic mass is 16.5. The number of hydrogen-bond donors (Lipinski definition) is 1. The molecule has 0 amide bonds. The van der Waals surface area contributed by atoms with Crippen molar-refractivity contribution in [3.05, 3.63) is 24.4 Å². The molecule has 0 atom stereocenters. The Morgan fingerprint density at radius 3 is 2.92 bits per heavy atom. The minimum atomic E-state index is 0.565. The summed E-state index contributed by atoms with van der Waals surface area (Å²) in [7, 11) is 3.80. The summed E-state index contributed by atoms with van der Waals surface area (Å²) in [5, 5.41) is 10.1. The number of nitrogens with zero attached hydrogens (tertiary/aromatic N) is 3. The molecular formula is C18H22N4O2. The number of aromatic nitrogens is 3. The second-order valence-electron chi connectivity index (χ2n) is 6.52. The molecule has 2 aromatic heterocycles. The normalized spacial score (nSPS) is 16.8. The van der Waals surface area contributed by atoms with Gasteiger partial charge in [0, 0.05) is 17.0 Å². The second kappa shape index (κ2) is 6.28. The molecule has 0 spiro atoms. The third-order valence-corrected chi connectivity index (χ3v) is 4.86. The van der Waals surface area contributed by atoms with Crippen LogP contribution in [0.25, 0.3) is 21.8 Å². The number of rotatable bonds is 4. The van der Waals surface area contributed by atoms with E-state index in [0.29, 0.717) is 11.8 Å². The summed E-state index contributed by atoms with van der Waals surface area (Å²) >= 11 is 0. The number of H-pyrrole nitrogens is 1. The largest absolute Gasteiger partial charge is 0.493 e. The van der Waals surface area contributed by atoms with Gasteiger partial charge in [-0.3, -0.25) is 5.10 Å². The number of piperidine rings is 1. The number of benzene rings is 1. The zero-order chi connectivity index (χ0) is 16.5. The number of ether oxygens (including phenoxy) is 2. The summed E-state index contributed by atoms with van der Waals surface area (Å²) in [6.07, 6.45) is 4.25. The van der Waals surface area contributed by atoms with Gasteiger partial charge >= 0.3 is 0 Å². The van der Waals surface area contributed by atoms with Crippen LogP contribution < -0.4 is 9.47 Å². The van der Waals surface area contributed by atoms with Crippen LogP contribution in [0.2, 0.25) is 0 Å². The van der Waals surface area contributed by atoms with E-state index in [1.54, 1.807) is 7.11 Å². The van der Waals surface area contributed by atoms with Gasteiger partial charge in [0.25, 0.3) is 0 Å². The lowest BCUT2D eigenvalue weighted by atomic mass is 9.98. The number of likely N-dealkylation sites (tertiary alicyclic amines) is 1. The van der Waals surface area contributed by atoms with E-state index in [2.05, 4.69) is 33.2 Å². The Hall–Kier alpha value is -2.34. The minimum Gasteiger partial charge on any atom is -0.493 e. The van der Waals surface area contributed by atoms with Crippen molar-refractivity contribution in [1.82, 2.24) is 20.1 Å². The highest BCUT2D eigenvalue weighted by Crippen LogP contribution is 2.32. The van der Waals surface area contributed by atoms with Gasteiger partial charge in [0.1, 0.15) is 5.75 Å². The SMILES string of the molecule is COc1n[nH]c2ncc3ccc(OCC4CCN(C)CC4)cc3c12. The van der Waals surface area contributed by atoms with Gasteiger partial charge in [0.05, 0.1) is 19.1 Å². The van der Waals surface area contributed by atoms with Crippen LogP contribution >= 0.6 is 0 Å². The topological polar surface area (TPSA) is 63.3 Å². The quantitative estimate of drug-likeness (QED) is 0.799. The maximum atomic E-state index is 6.08. The standard InChI is InChI=1S/C18H22N4O2/c1-22-7-5-12(6-8-22)11-24-14-4-3-13-10-19-17-16(15(13)9-14)18(23-2)21-20-17/h3-4,9-10,12H,5-8,11H2,1-2H3,(H,19,20,21). The van der Waals surface area contributed by atoms with Crippen LogP contribution in [0.3, 0.4) is 0 Å². The van der Waals surface area contributed by atoms with Crippen molar-refractivity contribution in [2.24, 2.45) is 5.92 Å². The molecule has 1 saturated heterocycles. The minimum absolute atomic E-state index is 0.565. The number of pyridine rings is 1. The molecule has 0 saturated carbocycles. The smallest absolute Gasteiger partial charge is 0.242 e. The number of methoxy groups -OCH3 is 1. The Kier molecular flexibility index (Phi) is 3.98. The van der Waals surface area contributed by atoms with Crippen molar-refractivity contribution < 1.29 is 9.47 Å². The first-order valence-electron chi connectivity index (χ1n) is 8.37. The molecule has 24 heavy (non-hydrogen) atoms. The van der Waals surface area contributed by atoms with Crippen molar-refractivity contribution in [3.8, 4) is 11.6 Å². The highest BCUT2D eigenvalue weighted by Gasteiger charge is 2.17. The molecule has 6 nitrogen and oxygen atoms in total.